The predicted octanol–water partition coefficient (Wildman–Crippen LogP) is 3.12. The van der Waals surface area contributed by atoms with Gasteiger partial charge in [-0.1, -0.05) is 57.0 Å². The fraction of sp³-hybridized carbons (Fsp3) is 0.588. The zero-order chi connectivity index (χ0) is 14.6. The summed E-state index contributed by atoms with van der Waals surface area (Å²) >= 11 is 0. The van der Waals surface area contributed by atoms with Crippen LogP contribution in [0, 0.1) is 5.41 Å². The molecule has 1 aromatic carbocycles. The topological polar surface area (TPSA) is 46.3 Å². The Morgan fingerprint density at radius 1 is 1.20 bits per heavy atom. The van der Waals surface area contributed by atoms with Crippen LogP contribution in [0.3, 0.4) is 0 Å². The van der Waals surface area contributed by atoms with Crippen molar-refractivity contribution in [1.82, 2.24) is 4.90 Å². The van der Waals surface area contributed by atoms with E-state index in [1.165, 1.54) is 12.8 Å². The Labute approximate surface area is 122 Å². The van der Waals surface area contributed by atoms with Gasteiger partial charge in [0, 0.05) is 13.1 Å². The fourth-order valence-electron chi connectivity index (χ4n) is 3.16. The summed E-state index contributed by atoms with van der Waals surface area (Å²) in [4.78, 5) is 14.4. The minimum Gasteiger partial charge on any atom is -0.341 e. The van der Waals surface area contributed by atoms with E-state index in [9.17, 15) is 4.79 Å². The van der Waals surface area contributed by atoms with E-state index in [0.29, 0.717) is 5.41 Å². The summed E-state index contributed by atoms with van der Waals surface area (Å²) in [6, 6.07) is 9.13. The largest absolute Gasteiger partial charge is 0.341 e. The van der Waals surface area contributed by atoms with Gasteiger partial charge in [-0.3, -0.25) is 4.79 Å². The second-order valence-electron chi connectivity index (χ2n) is 5.92. The van der Waals surface area contributed by atoms with Gasteiger partial charge >= 0.3 is 0 Å². The van der Waals surface area contributed by atoms with Crippen molar-refractivity contribution in [2.24, 2.45) is 11.1 Å². The molecule has 2 N–H and O–H groups in total. The van der Waals surface area contributed by atoms with Gasteiger partial charge in [0.05, 0.1) is 0 Å². The standard InChI is InChI=1S/C17H26N2O/c1-3-17(4-2)10-12-19(13-11-17)16(20)15(18)14-8-6-5-7-9-14/h5-9,15H,3-4,10-13,18H2,1-2H3/t15-/m0/s1. The second-order valence-corrected chi connectivity index (χ2v) is 5.92. The molecule has 0 saturated carbocycles. The van der Waals surface area contributed by atoms with E-state index < -0.39 is 6.04 Å². The first-order chi connectivity index (χ1) is 9.62. The van der Waals surface area contributed by atoms with E-state index in [4.69, 9.17) is 5.73 Å². The summed E-state index contributed by atoms with van der Waals surface area (Å²) in [6.07, 6.45) is 4.62. The molecule has 0 bridgehead atoms. The van der Waals surface area contributed by atoms with Crippen LogP contribution in [0.25, 0.3) is 0 Å². The molecule has 1 aliphatic rings. The van der Waals surface area contributed by atoms with Crippen LogP contribution in [-0.2, 0) is 4.79 Å². The number of rotatable bonds is 4. The van der Waals surface area contributed by atoms with Gasteiger partial charge < -0.3 is 10.6 Å². The van der Waals surface area contributed by atoms with Gasteiger partial charge in [-0.2, -0.15) is 0 Å². The average molecular weight is 274 g/mol. The highest BCUT2D eigenvalue weighted by molar-refractivity contribution is 5.83. The zero-order valence-electron chi connectivity index (χ0n) is 12.6. The van der Waals surface area contributed by atoms with Gasteiger partial charge in [0.2, 0.25) is 5.91 Å². The molecule has 2 rings (SSSR count). The molecule has 1 heterocycles. The Hall–Kier alpha value is -1.35. The van der Waals surface area contributed by atoms with Gasteiger partial charge in [0.25, 0.3) is 0 Å². The van der Waals surface area contributed by atoms with E-state index in [1.54, 1.807) is 0 Å². The molecular weight excluding hydrogens is 248 g/mol. The Morgan fingerprint density at radius 3 is 2.25 bits per heavy atom. The molecule has 1 aliphatic heterocycles. The van der Waals surface area contributed by atoms with Crippen molar-refractivity contribution in [3.8, 4) is 0 Å². The van der Waals surface area contributed by atoms with Crippen LogP contribution in [0.4, 0.5) is 0 Å². The average Bonchev–Trinajstić information content (AvgIpc) is 2.54. The van der Waals surface area contributed by atoms with Crippen LogP contribution in [-0.4, -0.2) is 23.9 Å². The van der Waals surface area contributed by atoms with Crippen molar-refractivity contribution in [2.75, 3.05) is 13.1 Å². The lowest BCUT2D eigenvalue weighted by Crippen LogP contribution is -2.46. The first-order valence-corrected chi connectivity index (χ1v) is 7.71. The minimum absolute atomic E-state index is 0.0667. The third-order valence-corrected chi connectivity index (χ3v) is 5.06. The van der Waals surface area contributed by atoms with Crippen molar-refractivity contribution in [3.63, 3.8) is 0 Å². The van der Waals surface area contributed by atoms with Crippen molar-refractivity contribution >= 4 is 5.91 Å². The highest BCUT2D eigenvalue weighted by atomic mass is 16.2. The number of benzene rings is 1. The van der Waals surface area contributed by atoms with Gasteiger partial charge in [-0.05, 0) is 23.8 Å². The predicted molar refractivity (Wildman–Crippen MR) is 82.2 cm³/mol. The summed E-state index contributed by atoms with van der Waals surface area (Å²) in [7, 11) is 0. The van der Waals surface area contributed by atoms with E-state index in [-0.39, 0.29) is 5.91 Å². The number of piperidine rings is 1. The summed E-state index contributed by atoms with van der Waals surface area (Å²) in [5.41, 5.74) is 7.45. The van der Waals surface area contributed by atoms with Gasteiger partial charge in [-0.25, -0.2) is 0 Å². The third kappa shape index (κ3) is 3.04. The molecule has 1 atom stereocenters. The van der Waals surface area contributed by atoms with Gasteiger partial charge in [0.1, 0.15) is 6.04 Å². The number of carbonyl (C=O) groups excluding carboxylic acids is 1. The summed E-state index contributed by atoms with van der Waals surface area (Å²) in [5, 5.41) is 0. The molecule has 0 aliphatic carbocycles. The molecule has 0 radical (unpaired) electrons. The minimum atomic E-state index is -0.521. The Kier molecular flexibility index (Phi) is 4.81. The van der Waals surface area contributed by atoms with E-state index in [2.05, 4.69) is 13.8 Å². The molecule has 3 heteroatoms. The third-order valence-electron chi connectivity index (χ3n) is 5.06. The van der Waals surface area contributed by atoms with Crippen LogP contribution >= 0.6 is 0 Å². The van der Waals surface area contributed by atoms with Gasteiger partial charge in [-0.15, -0.1) is 0 Å². The number of nitrogens with zero attached hydrogens (tertiary/aromatic N) is 1. The van der Waals surface area contributed by atoms with Crippen LogP contribution in [0.1, 0.15) is 51.1 Å². The normalized spacial score (nSPS) is 19.6. The zero-order valence-corrected chi connectivity index (χ0v) is 12.6. The molecule has 3 nitrogen and oxygen atoms in total. The monoisotopic (exact) mass is 274 g/mol. The van der Waals surface area contributed by atoms with Gasteiger partial charge in [0.15, 0.2) is 0 Å². The quantitative estimate of drug-likeness (QED) is 0.917. The lowest BCUT2D eigenvalue weighted by Gasteiger charge is -2.41. The van der Waals surface area contributed by atoms with Crippen LogP contribution in [0.15, 0.2) is 30.3 Å². The molecule has 1 aromatic rings. The lowest BCUT2D eigenvalue weighted by molar-refractivity contribution is -0.135. The summed E-state index contributed by atoms with van der Waals surface area (Å²) < 4.78 is 0. The number of hydrogen-bond donors (Lipinski definition) is 1. The number of likely N-dealkylation sites (tertiary alicyclic amines) is 1. The van der Waals surface area contributed by atoms with Crippen molar-refractivity contribution in [2.45, 2.75) is 45.6 Å². The molecule has 110 valence electrons. The number of carbonyl (C=O) groups is 1. The molecule has 1 fully saturated rings. The van der Waals surface area contributed by atoms with Crippen LogP contribution in [0.2, 0.25) is 0 Å². The number of amides is 1. The second kappa shape index (κ2) is 6.40. The molecule has 1 amide bonds. The van der Waals surface area contributed by atoms with Crippen molar-refractivity contribution in [1.29, 1.82) is 0 Å². The molecule has 0 spiro atoms. The Bertz CT molecular complexity index is 430. The maximum atomic E-state index is 12.5. The Balaban J connectivity index is 1.98. The smallest absolute Gasteiger partial charge is 0.244 e. The Morgan fingerprint density at radius 2 is 1.75 bits per heavy atom. The van der Waals surface area contributed by atoms with E-state index in [0.717, 1.165) is 31.5 Å². The molecule has 0 unspecified atom stereocenters. The molecular formula is C17H26N2O. The molecule has 0 aromatic heterocycles. The first kappa shape index (κ1) is 15.0. The highest BCUT2D eigenvalue weighted by Gasteiger charge is 2.34. The van der Waals surface area contributed by atoms with Crippen LogP contribution in [0.5, 0.6) is 0 Å². The van der Waals surface area contributed by atoms with E-state index in [1.807, 2.05) is 35.2 Å². The maximum absolute atomic E-state index is 12.5. The number of hydrogen-bond acceptors (Lipinski definition) is 2. The first-order valence-electron chi connectivity index (χ1n) is 7.71. The highest BCUT2D eigenvalue weighted by Crippen LogP contribution is 2.38. The summed E-state index contributed by atoms with van der Waals surface area (Å²) in [6.45, 7) is 6.22. The maximum Gasteiger partial charge on any atom is 0.244 e. The fourth-order valence-corrected chi connectivity index (χ4v) is 3.16. The number of nitrogens with two attached hydrogens (primary N) is 1. The van der Waals surface area contributed by atoms with Crippen LogP contribution < -0.4 is 5.73 Å². The SMILES string of the molecule is CCC1(CC)CCN(C(=O)[C@@H](N)c2ccccc2)CC1. The summed E-state index contributed by atoms with van der Waals surface area (Å²) in [5.74, 6) is 0.0667. The van der Waals surface area contributed by atoms with E-state index >= 15 is 0 Å². The lowest BCUT2D eigenvalue weighted by atomic mass is 9.74. The molecule has 1 saturated heterocycles. The van der Waals surface area contributed by atoms with Crippen molar-refractivity contribution in [3.05, 3.63) is 35.9 Å². The molecule has 20 heavy (non-hydrogen) atoms. The van der Waals surface area contributed by atoms with Crippen molar-refractivity contribution < 1.29 is 4.79 Å².